The van der Waals surface area contributed by atoms with Gasteiger partial charge in [0, 0.05) is 31.2 Å². The summed E-state index contributed by atoms with van der Waals surface area (Å²) in [6.45, 7) is 10.2. The van der Waals surface area contributed by atoms with E-state index in [1.165, 1.54) is 0 Å². The molecule has 2 atom stereocenters. The maximum Gasteiger partial charge on any atom is 0.410 e. The molecular weight excluding hydrogens is 358 g/mol. The van der Waals surface area contributed by atoms with Crippen molar-refractivity contribution in [2.45, 2.75) is 59.7 Å². The van der Waals surface area contributed by atoms with Crippen molar-refractivity contribution < 1.29 is 19.1 Å². The lowest BCUT2D eigenvalue weighted by Crippen LogP contribution is -2.38. The standard InChI is InChI=1S/C21H33N3O4/c1-14(2)16(5)24(6)21(27)28-12-17-7-9-18(10-8-17)23-20(26)11-19(15(3)4)22-13-25/h7-10,13-16,19H,11-12H2,1-6H3,(H,22,25)(H,23,26). The first kappa shape index (κ1) is 23.5. The summed E-state index contributed by atoms with van der Waals surface area (Å²) in [5.74, 6) is 0.332. The Balaban J connectivity index is 2.54. The van der Waals surface area contributed by atoms with Gasteiger partial charge in [-0.2, -0.15) is 0 Å². The van der Waals surface area contributed by atoms with Crippen LogP contribution in [0, 0.1) is 11.8 Å². The summed E-state index contributed by atoms with van der Waals surface area (Å²) in [5, 5.41) is 5.48. The van der Waals surface area contributed by atoms with Crippen LogP contribution in [-0.4, -0.2) is 42.4 Å². The number of benzene rings is 1. The minimum Gasteiger partial charge on any atom is -0.445 e. The molecule has 0 radical (unpaired) electrons. The highest BCUT2D eigenvalue weighted by atomic mass is 16.6. The fourth-order valence-corrected chi connectivity index (χ4v) is 2.53. The van der Waals surface area contributed by atoms with Crippen molar-refractivity contribution in [2.75, 3.05) is 12.4 Å². The van der Waals surface area contributed by atoms with Crippen LogP contribution >= 0.6 is 0 Å². The van der Waals surface area contributed by atoms with E-state index in [-0.39, 0.29) is 43.0 Å². The summed E-state index contributed by atoms with van der Waals surface area (Å²) in [6, 6.07) is 7.02. The molecule has 1 aromatic carbocycles. The van der Waals surface area contributed by atoms with E-state index in [2.05, 4.69) is 24.5 Å². The molecular formula is C21H33N3O4. The van der Waals surface area contributed by atoms with Crippen molar-refractivity contribution in [1.82, 2.24) is 10.2 Å². The summed E-state index contributed by atoms with van der Waals surface area (Å²) in [4.78, 5) is 36.5. The number of rotatable bonds is 10. The highest BCUT2D eigenvalue weighted by Crippen LogP contribution is 2.14. The molecule has 0 bridgehead atoms. The first-order valence-electron chi connectivity index (χ1n) is 9.63. The Hall–Kier alpha value is -2.57. The van der Waals surface area contributed by atoms with E-state index in [0.29, 0.717) is 18.0 Å². The van der Waals surface area contributed by atoms with E-state index in [1.54, 1.807) is 36.2 Å². The van der Waals surface area contributed by atoms with Crippen molar-refractivity contribution in [3.63, 3.8) is 0 Å². The van der Waals surface area contributed by atoms with Gasteiger partial charge in [-0.3, -0.25) is 9.59 Å². The van der Waals surface area contributed by atoms with Crippen molar-refractivity contribution in [3.05, 3.63) is 29.8 Å². The average molecular weight is 392 g/mol. The fourth-order valence-electron chi connectivity index (χ4n) is 2.53. The third-order valence-corrected chi connectivity index (χ3v) is 4.96. The molecule has 0 heterocycles. The third kappa shape index (κ3) is 7.58. The second kappa shape index (κ2) is 11.3. The molecule has 7 nitrogen and oxygen atoms in total. The quantitative estimate of drug-likeness (QED) is 0.599. The van der Waals surface area contributed by atoms with Gasteiger partial charge in [-0.05, 0) is 36.5 Å². The van der Waals surface area contributed by atoms with Gasteiger partial charge in [0.25, 0.3) is 0 Å². The number of nitrogens with one attached hydrogen (secondary N) is 2. The van der Waals surface area contributed by atoms with E-state index in [1.807, 2.05) is 20.8 Å². The second-order valence-electron chi connectivity index (χ2n) is 7.73. The van der Waals surface area contributed by atoms with Crippen molar-refractivity contribution in [2.24, 2.45) is 11.8 Å². The zero-order valence-corrected chi connectivity index (χ0v) is 17.7. The Kier molecular flexibility index (Phi) is 9.48. The molecule has 1 aromatic rings. The molecule has 0 saturated carbocycles. The van der Waals surface area contributed by atoms with Crippen molar-refractivity contribution in [3.8, 4) is 0 Å². The van der Waals surface area contributed by atoms with Crippen LogP contribution in [0.2, 0.25) is 0 Å². The number of anilines is 1. The van der Waals surface area contributed by atoms with E-state index in [9.17, 15) is 14.4 Å². The molecule has 28 heavy (non-hydrogen) atoms. The Bertz CT molecular complexity index is 644. The van der Waals surface area contributed by atoms with Crippen molar-refractivity contribution in [1.29, 1.82) is 0 Å². The van der Waals surface area contributed by atoms with E-state index < -0.39 is 0 Å². The Labute approximate surface area is 167 Å². The van der Waals surface area contributed by atoms with Crippen LogP contribution in [0.4, 0.5) is 10.5 Å². The van der Waals surface area contributed by atoms with Gasteiger partial charge in [-0.25, -0.2) is 4.79 Å². The van der Waals surface area contributed by atoms with Crippen LogP contribution in [0.5, 0.6) is 0 Å². The highest BCUT2D eigenvalue weighted by molar-refractivity contribution is 5.91. The number of amides is 3. The van der Waals surface area contributed by atoms with Crippen LogP contribution in [0.15, 0.2) is 24.3 Å². The summed E-state index contributed by atoms with van der Waals surface area (Å²) >= 11 is 0. The highest BCUT2D eigenvalue weighted by Gasteiger charge is 2.20. The summed E-state index contributed by atoms with van der Waals surface area (Å²) < 4.78 is 5.35. The molecule has 7 heteroatoms. The summed E-state index contributed by atoms with van der Waals surface area (Å²) in [6.07, 6.45) is 0.463. The summed E-state index contributed by atoms with van der Waals surface area (Å²) in [5.41, 5.74) is 1.49. The number of carbonyl (C=O) groups excluding carboxylic acids is 3. The lowest BCUT2D eigenvalue weighted by Gasteiger charge is -2.27. The zero-order valence-electron chi connectivity index (χ0n) is 17.7. The molecule has 0 aliphatic rings. The topological polar surface area (TPSA) is 87.7 Å². The van der Waals surface area contributed by atoms with Gasteiger partial charge in [0.2, 0.25) is 12.3 Å². The van der Waals surface area contributed by atoms with Gasteiger partial charge >= 0.3 is 6.09 Å². The smallest absolute Gasteiger partial charge is 0.410 e. The monoisotopic (exact) mass is 391 g/mol. The molecule has 1 rings (SSSR count). The molecule has 3 amide bonds. The fraction of sp³-hybridized carbons (Fsp3) is 0.571. The zero-order chi connectivity index (χ0) is 21.3. The SMILES string of the molecule is CC(C)C(CC(=O)Nc1ccc(COC(=O)N(C)C(C)C(C)C)cc1)NC=O. The number of ether oxygens (including phenoxy) is 1. The average Bonchev–Trinajstić information content (AvgIpc) is 2.65. The number of hydrogen-bond donors (Lipinski definition) is 2. The van der Waals surface area contributed by atoms with Gasteiger partial charge in [0.15, 0.2) is 0 Å². The van der Waals surface area contributed by atoms with Crippen LogP contribution in [0.25, 0.3) is 0 Å². The van der Waals surface area contributed by atoms with Gasteiger partial charge in [0.1, 0.15) is 6.61 Å². The molecule has 2 unspecified atom stereocenters. The minimum absolute atomic E-state index is 0.0912. The number of carbonyl (C=O) groups is 3. The van der Waals surface area contributed by atoms with Crippen LogP contribution in [-0.2, 0) is 20.9 Å². The molecule has 2 N–H and O–H groups in total. The van der Waals surface area contributed by atoms with Gasteiger partial charge < -0.3 is 20.3 Å². The second-order valence-corrected chi connectivity index (χ2v) is 7.73. The molecule has 0 aromatic heterocycles. The normalized spacial score (nSPS) is 13.0. The minimum atomic E-state index is -0.360. The Morgan fingerprint density at radius 3 is 2.18 bits per heavy atom. The first-order valence-corrected chi connectivity index (χ1v) is 9.63. The lowest BCUT2D eigenvalue weighted by molar-refractivity contribution is -0.117. The molecule has 156 valence electrons. The van der Waals surface area contributed by atoms with Crippen LogP contribution < -0.4 is 10.6 Å². The maximum absolute atomic E-state index is 12.2. The molecule has 0 fully saturated rings. The number of nitrogens with zero attached hydrogens (tertiary/aromatic N) is 1. The first-order chi connectivity index (χ1) is 13.1. The molecule has 0 spiro atoms. The Morgan fingerprint density at radius 1 is 1.07 bits per heavy atom. The van der Waals surface area contributed by atoms with E-state index in [4.69, 9.17) is 4.74 Å². The Morgan fingerprint density at radius 2 is 1.68 bits per heavy atom. The molecule has 0 saturated heterocycles. The van der Waals surface area contributed by atoms with Crippen LogP contribution in [0.3, 0.4) is 0 Å². The molecule has 0 aliphatic heterocycles. The van der Waals surface area contributed by atoms with Gasteiger partial charge in [-0.1, -0.05) is 39.8 Å². The van der Waals surface area contributed by atoms with E-state index in [0.717, 1.165) is 5.56 Å². The van der Waals surface area contributed by atoms with Gasteiger partial charge in [-0.15, -0.1) is 0 Å². The predicted octanol–water partition coefficient (Wildman–Crippen LogP) is 3.40. The van der Waals surface area contributed by atoms with Crippen molar-refractivity contribution >= 4 is 24.1 Å². The number of hydrogen-bond acceptors (Lipinski definition) is 4. The largest absolute Gasteiger partial charge is 0.445 e. The van der Waals surface area contributed by atoms with Gasteiger partial charge in [0.05, 0.1) is 0 Å². The molecule has 0 aliphatic carbocycles. The summed E-state index contributed by atoms with van der Waals surface area (Å²) in [7, 11) is 1.73. The van der Waals surface area contributed by atoms with Crippen LogP contribution in [0.1, 0.15) is 46.6 Å². The van der Waals surface area contributed by atoms with E-state index >= 15 is 0 Å². The third-order valence-electron chi connectivity index (χ3n) is 4.96. The predicted molar refractivity (Wildman–Crippen MR) is 110 cm³/mol. The lowest BCUT2D eigenvalue weighted by atomic mass is 10.0. The maximum atomic E-state index is 12.2.